The maximum absolute atomic E-state index is 11.7. The van der Waals surface area contributed by atoms with Gasteiger partial charge in [0.05, 0.1) is 0 Å². The first-order valence-corrected chi connectivity index (χ1v) is 5.88. The van der Waals surface area contributed by atoms with Gasteiger partial charge in [-0.25, -0.2) is 0 Å². The van der Waals surface area contributed by atoms with Gasteiger partial charge in [0.2, 0.25) is 5.91 Å². The summed E-state index contributed by atoms with van der Waals surface area (Å²) in [4.78, 5) is 13.7. The van der Waals surface area contributed by atoms with Gasteiger partial charge in [-0.3, -0.25) is 4.79 Å². The Kier molecular flexibility index (Phi) is 3.10. The number of allylic oxidation sites excluding steroid dienone is 1. The third-order valence-electron chi connectivity index (χ3n) is 3.71. The van der Waals surface area contributed by atoms with Crippen LogP contribution in [0.2, 0.25) is 0 Å². The van der Waals surface area contributed by atoms with Gasteiger partial charge in [-0.15, -0.1) is 0 Å². The molecule has 0 aromatic rings. The highest BCUT2D eigenvalue weighted by Crippen LogP contribution is 2.35. The Bertz CT molecular complexity index is 275. The molecule has 1 saturated heterocycles. The number of nitrogens with two attached hydrogens (primary N) is 1. The van der Waals surface area contributed by atoms with E-state index in [1.54, 1.807) is 6.08 Å². The standard InChI is InChI=1S/C12H20N2O/c1-2-3-12(15)14-7-9-4-5-11(13)6-10(9)8-14/h2-3,9-11H,4-8,13H2,1H3/b3-2+/t9-,10+,11?/m1/s1. The van der Waals surface area contributed by atoms with Crippen molar-refractivity contribution >= 4 is 5.91 Å². The number of likely N-dealkylation sites (tertiary alicyclic amines) is 1. The van der Waals surface area contributed by atoms with Crippen LogP contribution in [0.3, 0.4) is 0 Å². The predicted molar refractivity (Wildman–Crippen MR) is 60.2 cm³/mol. The molecule has 2 rings (SSSR count). The van der Waals surface area contributed by atoms with Gasteiger partial charge in [0, 0.05) is 19.1 Å². The van der Waals surface area contributed by atoms with Gasteiger partial charge in [0.15, 0.2) is 0 Å². The van der Waals surface area contributed by atoms with E-state index in [1.165, 1.54) is 6.42 Å². The summed E-state index contributed by atoms with van der Waals surface area (Å²) in [7, 11) is 0. The lowest BCUT2D eigenvalue weighted by atomic mass is 9.79. The molecule has 1 amide bonds. The molecule has 2 N–H and O–H groups in total. The molecule has 0 spiro atoms. The quantitative estimate of drug-likeness (QED) is 0.657. The molecule has 0 aromatic carbocycles. The molecule has 3 atom stereocenters. The van der Waals surface area contributed by atoms with Gasteiger partial charge in [-0.1, -0.05) is 6.08 Å². The second-order valence-electron chi connectivity index (χ2n) is 4.84. The Morgan fingerprint density at radius 3 is 2.80 bits per heavy atom. The minimum absolute atomic E-state index is 0.167. The topological polar surface area (TPSA) is 46.3 Å². The van der Waals surface area contributed by atoms with Crippen LogP contribution < -0.4 is 5.73 Å². The molecule has 1 saturated carbocycles. The molecular formula is C12H20N2O. The SMILES string of the molecule is C/C=C/C(=O)N1C[C@H]2CCC(N)C[C@H]2C1. The van der Waals surface area contributed by atoms with Crippen LogP contribution in [0.25, 0.3) is 0 Å². The molecule has 2 aliphatic rings. The van der Waals surface area contributed by atoms with Crippen molar-refractivity contribution in [3.05, 3.63) is 12.2 Å². The number of fused-ring (bicyclic) bond motifs is 1. The summed E-state index contributed by atoms with van der Waals surface area (Å²) in [5.41, 5.74) is 5.95. The molecule has 3 nitrogen and oxygen atoms in total. The zero-order chi connectivity index (χ0) is 10.8. The van der Waals surface area contributed by atoms with Crippen LogP contribution in [0.5, 0.6) is 0 Å². The van der Waals surface area contributed by atoms with Gasteiger partial charge < -0.3 is 10.6 Å². The Labute approximate surface area is 91.3 Å². The molecule has 1 aliphatic carbocycles. The maximum Gasteiger partial charge on any atom is 0.246 e. The largest absolute Gasteiger partial charge is 0.339 e. The number of carbonyl (C=O) groups excluding carboxylic acids is 1. The first kappa shape index (κ1) is 10.7. The second kappa shape index (κ2) is 4.35. The maximum atomic E-state index is 11.7. The molecule has 1 aliphatic heterocycles. The van der Waals surface area contributed by atoms with Crippen molar-refractivity contribution in [1.82, 2.24) is 4.90 Å². The molecular weight excluding hydrogens is 188 g/mol. The molecule has 84 valence electrons. The highest BCUT2D eigenvalue weighted by Gasteiger charge is 2.37. The van der Waals surface area contributed by atoms with Crippen LogP contribution >= 0.6 is 0 Å². The number of carbonyl (C=O) groups is 1. The van der Waals surface area contributed by atoms with Crippen molar-refractivity contribution < 1.29 is 4.79 Å². The first-order valence-electron chi connectivity index (χ1n) is 5.88. The van der Waals surface area contributed by atoms with Gasteiger partial charge >= 0.3 is 0 Å². The van der Waals surface area contributed by atoms with Gasteiger partial charge in [0.25, 0.3) is 0 Å². The Hall–Kier alpha value is -0.830. The average molecular weight is 208 g/mol. The van der Waals surface area contributed by atoms with Crippen molar-refractivity contribution in [1.29, 1.82) is 0 Å². The minimum Gasteiger partial charge on any atom is -0.339 e. The lowest BCUT2D eigenvalue weighted by Gasteiger charge is -2.27. The lowest BCUT2D eigenvalue weighted by molar-refractivity contribution is -0.125. The van der Waals surface area contributed by atoms with Gasteiger partial charge in [0.1, 0.15) is 0 Å². The molecule has 1 heterocycles. The highest BCUT2D eigenvalue weighted by molar-refractivity contribution is 5.87. The zero-order valence-electron chi connectivity index (χ0n) is 9.36. The van der Waals surface area contributed by atoms with Crippen LogP contribution in [-0.2, 0) is 4.79 Å². The summed E-state index contributed by atoms with van der Waals surface area (Å²) in [5.74, 6) is 1.53. The zero-order valence-corrected chi connectivity index (χ0v) is 9.36. The Morgan fingerprint density at radius 1 is 1.33 bits per heavy atom. The van der Waals surface area contributed by atoms with Crippen LogP contribution in [-0.4, -0.2) is 29.9 Å². The fourth-order valence-electron chi connectivity index (χ4n) is 2.90. The Balaban J connectivity index is 1.96. The summed E-state index contributed by atoms with van der Waals surface area (Å²) in [6.07, 6.45) is 6.91. The average Bonchev–Trinajstić information content (AvgIpc) is 2.60. The lowest BCUT2D eigenvalue weighted by Crippen LogP contribution is -2.32. The second-order valence-corrected chi connectivity index (χ2v) is 4.84. The molecule has 0 bridgehead atoms. The number of hydrogen-bond donors (Lipinski definition) is 1. The van der Waals surface area contributed by atoms with Crippen LogP contribution in [0.4, 0.5) is 0 Å². The van der Waals surface area contributed by atoms with E-state index in [0.29, 0.717) is 17.9 Å². The van der Waals surface area contributed by atoms with E-state index in [0.717, 1.165) is 25.9 Å². The fourth-order valence-corrected chi connectivity index (χ4v) is 2.90. The highest BCUT2D eigenvalue weighted by atomic mass is 16.2. The van der Waals surface area contributed by atoms with E-state index in [1.807, 2.05) is 17.9 Å². The molecule has 0 aromatic heterocycles. The molecule has 2 fully saturated rings. The fraction of sp³-hybridized carbons (Fsp3) is 0.750. The normalized spacial score (nSPS) is 35.9. The van der Waals surface area contributed by atoms with Crippen LogP contribution in [0.15, 0.2) is 12.2 Å². The van der Waals surface area contributed by atoms with Crippen molar-refractivity contribution in [2.24, 2.45) is 17.6 Å². The molecule has 15 heavy (non-hydrogen) atoms. The van der Waals surface area contributed by atoms with E-state index >= 15 is 0 Å². The van der Waals surface area contributed by atoms with E-state index in [4.69, 9.17) is 5.73 Å². The van der Waals surface area contributed by atoms with E-state index in [-0.39, 0.29) is 5.91 Å². The van der Waals surface area contributed by atoms with Crippen molar-refractivity contribution in [3.8, 4) is 0 Å². The summed E-state index contributed by atoms with van der Waals surface area (Å²) < 4.78 is 0. The molecule has 3 heteroatoms. The predicted octanol–water partition coefficient (Wildman–Crippen LogP) is 1.15. The number of hydrogen-bond acceptors (Lipinski definition) is 2. The van der Waals surface area contributed by atoms with Crippen LogP contribution in [0.1, 0.15) is 26.2 Å². The number of nitrogens with zero attached hydrogens (tertiary/aromatic N) is 1. The monoisotopic (exact) mass is 208 g/mol. The third kappa shape index (κ3) is 2.23. The number of amides is 1. The van der Waals surface area contributed by atoms with Crippen LogP contribution in [0, 0.1) is 11.8 Å². The third-order valence-corrected chi connectivity index (χ3v) is 3.71. The summed E-state index contributed by atoms with van der Waals surface area (Å²) in [5, 5.41) is 0. The van der Waals surface area contributed by atoms with Gasteiger partial charge in [-0.05, 0) is 44.1 Å². The first-order chi connectivity index (χ1) is 7.20. The summed E-state index contributed by atoms with van der Waals surface area (Å²) >= 11 is 0. The van der Waals surface area contributed by atoms with E-state index in [2.05, 4.69) is 0 Å². The molecule has 0 radical (unpaired) electrons. The van der Waals surface area contributed by atoms with Crippen molar-refractivity contribution in [2.45, 2.75) is 32.2 Å². The summed E-state index contributed by atoms with van der Waals surface area (Å²) in [6.45, 7) is 3.75. The van der Waals surface area contributed by atoms with E-state index < -0.39 is 0 Å². The Morgan fingerprint density at radius 2 is 2.07 bits per heavy atom. The summed E-state index contributed by atoms with van der Waals surface area (Å²) in [6, 6.07) is 0.364. The van der Waals surface area contributed by atoms with Crippen molar-refractivity contribution in [3.63, 3.8) is 0 Å². The van der Waals surface area contributed by atoms with Gasteiger partial charge in [-0.2, -0.15) is 0 Å². The number of rotatable bonds is 1. The van der Waals surface area contributed by atoms with E-state index in [9.17, 15) is 4.79 Å². The smallest absolute Gasteiger partial charge is 0.246 e. The molecule has 1 unspecified atom stereocenters. The van der Waals surface area contributed by atoms with Crippen molar-refractivity contribution in [2.75, 3.05) is 13.1 Å². The minimum atomic E-state index is 0.167.